The second-order valence-electron chi connectivity index (χ2n) is 7.54. The van der Waals surface area contributed by atoms with Gasteiger partial charge < -0.3 is 14.8 Å². The number of sulfonamides is 1. The maximum atomic E-state index is 13.0. The van der Waals surface area contributed by atoms with E-state index in [1.165, 1.54) is 16.4 Å². The normalized spacial score (nSPS) is 13.8. The molecule has 0 fully saturated rings. The van der Waals surface area contributed by atoms with Gasteiger partial charge in [0.1, 0.15) is 11.5 Å². The van der Waals surface area contributed by atoms with Gasteiger partial charge in [-0.05, 0) is 78.2 Å². The summed E-state index contributed by atoms with van der Waals surface area (Å²) in [6.45, 7) is 0.464. The average Bonchev–Trinajstić information content (AvgIpc) is 2.83. The van der Waals surface area contributed by atoms with Crippen LogP contribution in [0.1, 0.15) is 11.1 Å². The number of benzene rings is 3. The molecule has 0 spiro atoms. The molecule has 0 unspecified atom stereocenters. The lowest BCUT2D eigenvalue weighted by Gasteiger charge is -2.28. The number of hydrogen-bond donors (Lipinski definition) is 1. The third-order valence-corrected chi connectivity index (χ3v) is 7.46. The summed E-state index contributed by atoms with van der Waals surface area (Å²) in [5, 5.41) is 3.29. The Balaban J connectivity index is 1.40. The van der Waals surface area contributed by atoms with Crippen LogP contribution in [-0.4, -0.2) is 38.9 Å². The van der Waals surface area contributed by atoms with Gasteiger partial charge in [0, 0.05) is 23.8 Å². The summed E-state index contributed by atoms with van der Waals surface area (Å²) in [5.41, 5.74) is 2.50. The van der Waals surface area contributed by atoms with Gasteiger partial charge in [0.25, 0.3) is 5.91 Å². The van der Waals surface area contributed by atoms with Gasteiger partial charge in [-0.3, -0.25) is 4.79 Å². The Morgan fingerprint density at radius 1 is 1.00 bits per heavy atom. The van der Waals surface area contributed by atoms with Crippen molar-refractivity contribution in [2.24, 2.45) is 0 Å². The molecular weight excluding hydrogens is 464 g/mol. The van der Waals surface area contributed by atoms with Crippen LogP contribution in [0.2, 0.25) is 5.02 Å². The lowest BCUT2D eigenvalue weighted by atomic mass is 10.0. The molecule has 1 heterocycles. The molecule has 0 bridgehead atoms. The van der Waals surface area contributed by atoms with Crippen molar-refractivity contribution in [3.63, 3.8) is 0 Å². The Labute approximate surface area is 197 Å². The van der Waals surface area contributed by atoms with Crippen LogP contribution in [0.4, 0.5) is 5.69 Å². The Hall–Kier alpha value is -3.07. The molecule has 172 valence electrons. The number of methoxy groups -OCH3 is 1. The number of fused-ring (bicyclic) bond motifs is 1. The van der Waals surface area contributed by atoms with Crippen molar-refractivity contribution < 1.29 is 22.7 Å². The van der Waals surface area contributed by atoms with Crippen LogP contribution in [-0.2, 0) is 27.8 Å². The predicted octanol–water partition coefficient (Wildman–Crippen LogP) is 4.11. The molecule has 1 amide bonds. The number of nitrogens with zero attached hydrogens (tertiary/aromatic N) is 1. The Kier molecular flexibility index (Phi) is 6.88. The fourth-order valence-corrected chi connectivity index (χ4v) is 5.13. The van der Waals surface area contributed by atoms with E-state index in [0.717, 1.165) is 11.1 Å². The standard InChI is InChI=1S/C24H23ClN2O5S/c1-31-21-6-8-22(9-7-21)32-16-24(28)26-20-5-2-17-12-13-27(15-18(17)14-20)33(29,30)23-10-3-19(25)4-11-23/h2-11,14H,12-13,15-16H2,1H3,(H,26,28). The average molecular weight is 487 g/mol. The fourth-order valence-electron chi connectivity index (χ4n) is 3.59. The first-order valence-electron chi connectivity index (χ1n) is 10.3. The number of carbonyl (C=O) groups is 1. The molecule has 9 heteroatoms. The molecule has 33 heavy (non-hydrogen) atoms. The molecular formula is C24H23ClN2O5S. The predicted molar refractivity (Wildman–Crippen MR) is 126 cm³/mol. The number of halogens is 1. The number of rotatable bonds is 7. The minimum Gasteiger partial charge on any atom is -0.497 e. The molecule has 1 N–H and O–H groups in total. The molecule has 1 aliphatic heterocycles. The van der Waals surface area contributed by atoms with E-state index in [4.69, 9.17) is 21.1 Å². The van der Waals surface area contributed by atoms with Gasteiger partial charge in [-0.2, -0.15) is 4.31 Å². The molecule has 0 saturated carbocycles. The van der Waals surface area contributed by atoms with E-state index in [0.29, 0.717) is 35.2 Å². The molecule has 4 rings (SSSR count). The highest BCUT2D eigenvalue weighted by atomic mass is 35.5. The maximum Gasteiger partial charge on any atom is 0.262 e. The van der Waals surface area contributed by atoms with E-state index < -0.39 is 10.0 Å². The first kappa shape index (κ1) is 23.1. The van der Waals surface area contributed by atoms with E-state index in [1.54, 1.807) is 43.5 Å². The topological polar surface area (TPSA) is 84.9 Å². The summed E-state index contributed by atoms with van der Waals surface area (Å²) in [4.78, 5) is 12.5. The van der Waals surface area contributed by atoms with Crippen LogP contribution in [0.25, 0.3) is 0 Å². The third-order valence-electron chi connectivity index (χ3n) is 5.35. The van der Waals surface area contributed by atoms with Crippen LogP contribution < -0.4 is 14.8 Å². The third kappa shape index (κ3) is 5.47. The molecule has 0 saturated heterocycles. The summed E-state index contributed by atoms with van der Waals surface area (Å²) in [6.07, 6.45) is 0.594. The quantitative estimate of drug-likeness (QED) is 0.543. The smallest absolute Gasteiger partial charge is 0.262 e. The summed E-state index contributed by atoms with van der Waals surface area (Å²) in [5.74, 6) is 0.944. The van der Waals surface area contributed by atoms with Crippen molar-refractivity contribution in [3.8, 4) is 11.5 Å². The van der Waals surface area contributed by atoms with Gasteiger partial charge in [-0.1, -0.05) is 17.7 Å². The molecule has 0 radical (unpaired) electrons. The van der Waals surface area contributed by atoms with Crippen molar-refractivity contribution >= 4 is 33.2 Å². The SMILES string of the molecule is COc1ccc(OCC(=O)Nc2ccc3c(c2)CN(S(=O)(=O)c2ccc(Cl)cc2)CC3)cc1. The Bertz CT molecular complexity index is 1240. The number of hydrogen-bond acceptors (Lipinski definition) is 5. The van der Waals surface area contributed by atoms with E-state index in [9.17, 15) is 13.2 Å². The number of anilines is 1. The molecule has 3 aromatic carbocycles. The van der Waals surface area contributed by atoms with Crippen LogP contribution >= 0.6 is 11.6 Å². The minimum atomic E-state index is -3.64. The highest BCUT2D eigenvalue weighted by Gasteiger charge is 2.28. The highest BCUT2D eigenvalue weighted by Crippen LogP contribution is 2.27. The number of amides is 1. The Morgan fingerprint density at radius 2 is 1.70 bits per heavy atom. The van der Waals surface area contributed by atoms with Crippen molar-refractivity contribution in [1.29, 1.82) is 0 Å². The first-order chi connectivity index (χ1) is 15.8. The van der Waals surface area contributed by atoms with Crippen molar-refractivity contribution in [1.82, 2.24) is 4.31 Å². The number of ether oxygens (including phenoxy) is 2. The molecule has 7 nitrogen and oxygen atoms in total. The molecule has 1 aliphatic rings. The van der Waals surface area contributed by atoms with Gasteiger partial charge in [-0.25, -0.2) is 8.42 Å². The second-order valence-corrected chi connectivity index (χ2v) is 9.91. The number of nitrogens with one attached hydrogen (secondary N) is 1. The van der Waals surface area contributed by atoms with E-state index >= 15 is 0 Å². The van der Waals surface area contributed by atoms with Gasteiger partial charge in [0.2, 0.25) is 10.0 Å². The summed E-state index contributed by atoms with van der Waals surface area (Å²) in [6, 6.07) is 18.6. The molecule has 0 aromatic heterocycles. The second kappa shape index (κ2) is 9.82. The van der Waals surface area contributed by atoms with Crippen molar-refractivity contribution in [3.05, 3.63) is 82.9 Å². The lowest BCUT2D eigenvalue weighted by Crippen LogP contribution is -2.36. The number of carbonyl (C=O) groups excluding carboxylic acids is 1. The van der Waals surface area contributed by atoms with Gasteiger partial charge in [0.15, 0.2) is 6.61 Å². The first-order valence-corrected chi connectivity index (χ1v) is 12.1. The van der Waals surface area contributed by atoms with E-state index in [1.807, 2.05) is 18.2 Å². The summed E-state index contributed by atoms with van der Waals surface area (Å²) >= 11 is 5.89. The summed E-state index contributed by atoms with van der Waals surface area (Å²) in [7, 11) is -2.07. The molecule has 3 aromatic rings. The molecule has 0 atom stereocenters. The zero-order valence-electron chi connectivity index (χ0n) is 18.0. The zero-order valence-corrected chi connectivity index (χ0v) is 19.5. The zero-order chi connectivity index (χ0) is 23.4. The fraction of sp³-hybridized carbons (Fsp3) is 0.208. The van der Waals surface area contributed by atoms with Gasteiger partial charge in [0.05, 0.1) is 12.0 Å². The van der Waals surface area contributed by atoms with Gasteiger partial charge in [-0.15, -0.1) is 0 Å². The van der Waals surface area contributed by atoms with Gasteiger partial charge >= 0.3 is 0 Å². The van der Waals surface area contributed by atoms with Crippen molar-refractivity contribution in [2.45, 2.75) is 17.9 Å². The van der Waals surface area contributed by atoms with E-state index in [-0.39, 0.29) is 24.0 Å². The van der Waals surface area contributed by atoms with Crippen LogP contribution in [0, 0.1) is 0 Å². The Morgan fingerprint density at radius 3 is 2.39 bits per heavy atom. The molecule has 0 aliphatic carbocycles. The minimum absolute atomic E-state index is 0.152. The van der Waals surface area contributed by atoms with Crippen molar-refractivity contribution in [2.75, 3.05) is 25.6 Å². The highest BCUT2D eigenvalue weighted by molar-refractivity contribution is 7.89. The lowest BCUT2D eigenvalue weighted by molar-refractivity contribution is -0.118. The summed E-state index contributed by atoms with van der Waals surface area (Å²) < 4.78 is 38.1. The van der Waals surface area contributed by atoms with Crippen LogP contribution in [0.5, 0.6) is 11.5 Å². The maximum absolute atomic E-state index is 13.0. The largest absolute Gasteiger partial charge is 0.497 e. The van der Waals surface area contributed by atoms with Crippen LogP contribution in [0.3, 0.4) is 0 Å². The van der Waals surface area contributed by atoms with E-state index in [2.05, 4.69) is 5.32 Å². The monoisotopic (exact) mass is 486 g/mol. The van der Waals surface area contributed by atoms with Crippen LogP contribution in [0.15, 0.2) is 71.6 Å².